The molecule has 3 heterocycles. The van der Waals surface area contributed by atoms with Crippen molar-refractivity contribution >= 4 is 22.7 Å². The molecule has 0 unspecified atom stereocenters. The van der Waals surface area contributed by atoms with E-state index in [2.05, 4.69) is 34.3 Å². The van der Waals surface area contributed by atoms with Crippen LogP contribution < -0.4 is 9.64 Å². The maximum absolute atomic E-state index is 13.9. The molecule has 9 heteroatoms. The first-order valence-electron chi connectivity index (χ1n) is 15.4. The molecular formula is C35H36F3N3O3. The van der Waals surface area contributed by atoms with Crippen molar-refractivity contribution in [2.24, 2.45) is 5.41 Å². The Labute approximate surface area is 254 Å². The lowest BCUT2D eigenvalue weighted by atomic mass is 9.60. The fraction of sp³-hybridized carbons (Fsp3) is 0.429. The molecule has 0 radical (unpaired) electrons. The van der Waals surface area contributed by atoms with E-state index in [4.69, 9.17) is 19.0 Å². The summed E-state index contributed by atoms with van der Waals surface area (Å²) in [5.74, 6) is 1.79. The first-order valence-corrected chi connectivity index (χ1v) is 15.4. The second-order valence-corrected chi connectivity index (χ2v) is 12.6. The van der Waals surface area contributed by atoms with Crippen molar-refractivity contribution in [2.75, 3.05) is 38.3 Å². The number of rotatable bonds is 8. The number of hydrogen-bond donors (Lipinski definition) is 0. The fourth-order valence-electron chi connectivity index (χ4n) is 6.89. The average molecular weight is 604 g/mol. The summed E-state index contributed by atoms with van der Waals surface area (Å²) in [7, 11) is 1.66. The summed E-state index contributed by atoms with van der Waals surface area (Å²) in [4.78, 5) is 7.13. The largest absolute Gasteiger partial charge is 0.490 e. The van der Waals surface area contributed by atoms with E-state index in [1.54, 1.807) is 13.2 Å². The van der Waals surface area contributed by atoms with E-state index in [9.17, 15) is 13.2 Å². The Morgan fingerprint density at radius 2 is 1.82 bits per heavy atom. The van der Waals surface area contributed by atoms with Gasteiger partial charge in [0.15, 0.2) is 0 Å². The smallest absolute Gasteiger partial charge is 0.417 e. The summed E-state index contributed by atoms with van der Waals surface area (Å²) < 4.78 is 58.5. The molecule has 0 atom stereocenters. The number of anilines is 1. The van der Waals surface area contributed by atoms with Gasteiger partial charge < -0.3 is 18.9 Å². The maximum atomic E-state index is 13.9. The number of benzene rings is 2. The highest BCUT2D eigenvalue weighted by atomic mass is 19.4. The van der Waals surface area contributed by atoms with Crippen LogP contribution in [0, 0.1) is 12.3 Å². The highest BCUT2D eigenvalue weighted by Crippen LogP contribution is 2.54. The van der Waals surface area contributed by atoms with Crippen LogP contribution in [0.15, 0.2) is 58.6 Å². The second kappa shape index (κ2) is 11.3. The molecule has 2 aromatic heterocycles. The van der Waals surface area contributed by atoms with Crippen LogP contribution in [-0.2, 0) is 10.9 Å². The molecule has 2 aliphatic carbocycles. The van der Waals surface area contributed by atoms with Crippen LogP contribution in [0.25, 0.3) is 28.2 Å². The van der Waals surface area contributed by atoms with Gasteiger partial charge in [0, 0.05) is 60.1 Å². The van der Waals surface area contributed by atoms with Crippen molar-refractivity contribution < 1.29 is 27.2 Å². The molecule has 1 saturated heterocycles. The zero-order valence-electron chi connectivity index (χ0n) is 25.0. The first kappa shape index (κ1) is 28.9. The Morgan fingerprint density at radius 1 is 1.05 bits per heavy atom. The molecule has 3 aliphatic rings. The van der Waals surface area contributed by atoms with Gasteiger partial charge in [0.25, 0.3) is 0 Å². The SMILES string of the molecule is COCCOc1cc(C)nc2ccc(N3CCC4(CC3)CC(=Cc3c(-c5ccccc5C(F)(F)F)noc3C3CC3)C4)cc12. The first-order chi connectivity index (χ1) is 21.2. The number of methoxy groups -OCH3 is 1. The van der Waals surface area contributed by atoms with Crippen molar-refractivity contribution in [1.82, 2.24) is 10.1 Å². The maximum Gasteiger partial charge on any atom is 0.417 e. The molecule has 7 rings (SSSR count). The van der Waals surface area contributed by atoms with Crippen LogP contribution in [0.3, 0.4) is 0 Å². The number of aromatic nitrogens is 2. The standard InChI is InChI=1S/C35H36F3N3O3/c1-22-17-31(43-16-15-42-2)27-19-25(9-10-30(27)39-22)41-13-11-34(12-14-41)20-23(21-34)18-28-32(40-44-33(28)24-7-8-24)26-5-3-4-6-29(26)35(36,37)38/h3-6,9-10,17-19,24H,7-8,11-16,20-21H2,1-2H3. The minimum absolute atomic E-state index is 0.0813. The van der Waals surface area contributed by atoms with Crippen LogP contribution in [0.1, 0.15) is 67.0 Å². The van der Waals surface area contributed by atoms with Crippen LogP contribution in [-0.4, -0.2) is 43.6 Å². The van der Waals surface area contributed by atoms with Gasteiger partial charge in [-0.2, -0.15) is 13.2 Å². The van der Waals surface area contributed by atoms with Gasteiger partial charge in [0.05, 0.1) is 17.7 Å². The van der Waals surface area contributed by atoms with Crippen LogP contribution >= 0.6 is 0 Å². The quantitative estimate of drug-likeness (QED) is 0.188. The molecule has 230 valence electrons. The molecule has 3 fully saturated rings. The predicted octanol–water partition coefficient (Wildman–Crippen LogP) is 8.58. The Hall–Kier alpha value is -3.85. The zero-order valence-corrected chi connectivity index (χ0v) is 25.0. The van der Waals surface area contributed by atoms with Crippen LogP contribution in [0.4, 0.5) is 18.9 Å². The lowest BCUT2D eigenvalue weighted by Crippen LogP contribution is -2.44. The average Bonchev–Trinajstić information content (AvgIpc) is 3.75. The number of alkyl halides is 3. The van der Waals surface area contributed by atoms with Gasteiger partial charge in [0.1, 0.15) is 23.8 Å². The summed E-state index contributed by atoms with van der Waals surface area (Å²) in [5, 5.41) is 5.19. The van der Waals surface area contributed by atoms with Gasteiger partial charge >= 0.3 is 6.18 Å². The lowest BCUT2D eigenvalue weighted by Gasteiger charge is -2.50. The third-order valence-electron chi connectivity index (χ3n) is 9.36. The van der Waals surface area contributed by atoms with E-state index < -0.39 is 11.7 Å². The molecule has 2 saturated carbocycles. The molecule has 1 aliphatic heterocycles. The molecule has 0 N–H and O–H groups in total. The summed E-state index contributed by atoms with van der Waals surface area (Å²) in [6.45, 7) is 4.87. The van der Waals surface area contributed by atoms with Gasteiger partial charge in [-0.3, -0.25) is 4.98 Å². The highest BCUT2D eigenvalue weighted by molar-refractivity contribution is 5.88. The van der Waals surface area contributed by atoms with Gasteiger partial charge in [-0.1, -0.05) is 28.9 Å². The number of halogens is 3. The number of piperidine rings is 1. The minimum atomic E-state index is -4.46. The number of nitrogens with zero attached hydrogens (tertiary/aromatic N) is 3. The van der Waals surface area contributed by atoms with Gasteiger partial charge in [-0.05, 0) is 81.2 Å². The Morgan fingerprint density at radius 3 is 2.55 bits per heavy atom. The molecular weight excluding hydrogens is 567 g/mol. The lowest BCUT2D eigenvalue weighted by molar-refractivity contribution is -0.137. The molecule has 44 heavy (non-hydrogen) atoms. The fourth-order valence-corrected chi connectivity index (χ4v) is 6.89. The number of ether oxygens (including phenoxy) is 2. The number of allylic oxidation sites excluding steroid dienone is 1. The van der Waals surface area contributed by atoms with Crippen molar-refractivity contribution in [2.45, 2.75) is 57.5 Å². The molecule has 6 nitrogen and oxygen atoms in total. The molecule has 4 aromatic rings. The molecule has 0 amide bonds. The van der Waals surface area contributed by atoms with Crippen molar-refractivity contribution in [3.63, 3.8) is 0 Å². The van der Waals surface area contributed by atoms with E-state index in [0.29, 0.717) is 18.9 Å². The van der Waals surface area contributed by atoms with Gasteiger partial charge in [-0.25, -0.2) is 0 Å². The summed E-state index contributed by atoms with van der Waals surface area (Å²) >= 11 is 0. The Balaban J connectivity index is 1.07. The number of aryl methyl sites for hydroxylation is 1. The van der Waals surface area contributed by atoms with E-state index in [0.717, 1.165) is 97.0 Å². The second-order valence-electron chi connectivity index (χ2n) is 12.6. The van der Waals surface area contributed by atoms with Gasteiger partial charge in [-0.15, -0.1) is 0 Å². The zero-order chi connectivity index (χ0) is 30.5. The van der Waals surface area contributed by atoms with Crippen molar-refractivity contribution in [1.29, 1.82) is 0 Å². The van der Waals surface area contributed by atoms with Crippen molar-refractivity contribution in [3.8, 4) is 17.0 Å². The summed E-state index contributed by atoms with van der Waals surface area (Å²) in [6, 6.07) is 14.0. The van der Waals surface area contributed by atoms with E-state index in [1.165, 1.54) is 17.7 Å². The number of pyridine rings is 1. The summed E-state index contributed by atoms with van der Waals surface area (Å²) in [6.07, 6.45) is 3.61. The molecule has 1 spiro atoms. The topological polar surface area (TPSA) is 60.6 Å². The number of fused-ring (bicyclic) bond motifs is 1. The highest BCUT2D eigenvalue weighted by Gasteiger charge is 2.44. The summed E-state index contributed by atoms with van der Waals surface area (Å²) in [5.41, 5.74) is 4.92. The normalized spacial score (nSPS) is 18.1. The predicted molar refractivity (Wildman–Crippen MR) is 164 cm³/mol. The van der Waals surface area contributed by atoms with Gasteiger partial charge in [0.2, 0.25) is 0 Å². The van der Waals surface area contributed by atoms with E-state index in [1.807, 2.05) is 13.0 Å². The Bertz CT molecular complexity index is 1710. The Kier molecular flexibility index (Phi) is 7.39. The van der Waals surface area contributed by atoms with E-state index in [-0.39, 0.29) is 16.9 Å². The molecule has 0 bridgehead atoms. The van der Waals surface area contributed by atoms with E-state index >= 15 is 0 Å². The minimum Gasteiger partial charge on any atom is -0.490 e. The van der Waals surface area contributed by atoms with Crippen LogP contribution in [0.5, 0.6) is 5.75 Å². The third kappa shape index (κ3) is 5.58. The molecule has 2 aromatic carbocycles. The van der Waals surface area contributed by atoms with Crippen LogP contribution in [0.2, 0.25) is 0 Å². The van der Waals surface area contributed by atoms with Crippen molar-refractivity contribution in [3.05, 3.63) is 76.7 Å². The monoisotopic (exact) mass is 603 g/mol. The third-order valence-corrected chi connectivity index (χ3v) is 9.36. The number of hydrogen-bond acceptors (Lipinski definition) is 6.